The zero-order chi connectivity index (χ0) is 19.2. The largest absolute Gasteiger partial charge is 0.481 e. The minimum atomic E-state index is -0.923. The minimum absolute atomic E-state index is 0.188. The highest BCUT2D eigenvalue weighted by Gasteiger charge is 2.55. The van der Waals surface area contributed by atoms with Crippen LogP contribution >= 0.6 is 11.6 Å². The van der Waals surface area contributed by atoms with E-state index in [0.29, 0.717) is 42.6 Å². The molecule has 0 spiro atoms. The molecule has 1 N–H and O–H groups in total. The fourth-order valence-electron chi connectivity index (χ4n) is 4.04. The van der Waals surface area contributed by atoms with Crippen molar-refractivity contribution in [3.8, 4) is 5.69 Å². The summed E-state index contributed by atoms with van der Waals surface area (Å²) in [6.07, 6.45) is 2.18. The summed E-state index contributed by atoms with van der Waals surface area (Å²) in [6, 6.07) is 7.26. The van der Waals surface area contributed by atoms with Crippen LogP contribution in [0.1, 0.15) is 22.5 Å². The van der Waals surface area contributed by atoms with Gasteiger partial charge in [-0.25, -0.2) is 4.68 Å². The van der Waals surface area contributed by atoms with E-state index >= 15 is 0 Å². The Morgan fingerprint density at radius 1 is 1.37 bits per heavy atom. The molecule has 2 fully saturated rings. The minimum Gasteiger partial charge on any atom is -0.481 e. The number of hydrogen-bond acceptors (Lipinski definition) is 4. The average molecular weight is 390 g/mol. The molecule has 0 aliphatic carbocycles. The lowest BCUT2D eigenvalue weighted by Crippen LogP contribution is -2.45. The number of halogens is 1. The van der Waals surface area contributed by atoms with Gasteiger partial charge in [-0.3, -0.25) is 9.59 Å². The normalized spacial score (nSPS) is 24.7. The van der Waals surface area contributed by atoms with Gasteiger partial charge in [-0.1, -0.05) is 23.7 Å². The van der Waals surface area contributed by atoms with Crippen LogP contribution < -0.4 is 0 Å². The Labute approximate surface area is 161 Å². The molecule has 2 aliphatic rings. The van der Waals surface area contributed by atoms with Crippen molar-refractivity contribution < 1.29 is 19.4 Å². The number of aliphatic carboxylic acids is 1. The topological polar surface area (TPSA) is 84.7 Å². The first-order valence-electron chi connectivity index (χ1n) is 8.84. The molecule has 142 valence electrons. The summed E-state index contributed by atoms with van der Waals surface area (Å²) in [5, 5.41) is 14.7. The van der Waals surface area contributed by atoms with Crippen molar-refractivity contribution in [2.75, 3.05) is 26.3 Å². The van der Waals surface area contributed by atoms with Gasteiger partial charge in [0.05, 0.1) is 22.7 Å². The maximum Gasteiger partial charge on any atom is 0.311 e. The number of nitrogens with zero attached hydrogens (tertiary/aromatic N) is 3. The molecular formula is C19H20ClN3O4. The van der Waals surface area contributed by atoms with E-state index in [0.717, 1.165) is 5.56 Å². The summed E-state index contributed by atoms with van der Waals surface area (Å²) < 4.78 is 7.04. The van der Waals surface area contributed by atoms with E-state index in [-0.39, 0.29) is 18.4 Å². The molecule has 2 aromatic rings. The third-order valence-corrected chi connectivity index (χ3v) is 5.94. The standard InChI is InChI=1S/C19H20ClN3O4/c1-12-8-23(15-5-3-2-4-14(15)20)21-16(12)17(24)22-9-13-10-27-7-6-19(13,11-22)18(25)26/h2-5,8,13H,6-7,9-11H2,1H3,(H,25,26)/t13-,19+/m0/s1. The number of aromatic nitrogens is 2. The van der Waals surface area contributed by atoms with Gasteiger partial charge in [0.15, 0.2) is 5.69 Å². The van der Waals surface area contributed by atoms with Gasteiger partial charge < -0.3 is 14.7 Å². The van der Waals surface area contributed by atoms with Crippen LogP contribution in [-0.2, 0) is 9.53 Å². The van der Waals surface area contributed by atoms with Crippen LogP contribution in [-0.4, -0.2) is 58.0 Å². The van der Waals surface area contributed by atoms with E-state index in [1.807, 2.05) is 25.1 Å². The fourth-order valence-corrected chi connectivity index (χ4v) is 4.26. The molecule has 2 aliphatic heterocycles. The molecule has 4 rings (SSSR count). The number of fused-ring (bicyclic) bond motifs is 1. The summed E-state index contributed by atoms with van der Waals surface area (Å²) in [7, 11) is 0. The van der Waals surface area contributed by atoms with Gasteiger partial charge in [-0.2, -0.15) is 5.10 Å². The molecular weight excluding hydrogens is 370 g/mol. The first-order valence-corrected chi connectivity index (χ1v) is 9.22. The lowest BCUT2D eigenvalue weighted by atomic mass is 9.74. The second-order valence-electron chi connectivity index (χ2n) is 7.23. The molecule has 0 bridgehead atoms. The number of carboxylic acids is 1. The molecule has 27 heavy (non-hydrogen) atoms. The predicted molar refractivity (Wildman–Crippen MR) is 98.2 cm³/mol. The van der Waals surface area contributed by atoms with Crippen molar-refractivity contribution in [1.82, 2.24) is 14.7 Å². The van der Waals surface area contributed by atoms with E-state index in [9.17, 15) is 14.7 Å². The highest BCUT2D eigenvalue weighted by Crippen LogP contribution is 2.42. The summed E-state index contributed by atoms with van der Waals surface area (Å²) in [4.78, 5) is 26.6. The number of para-hydroxylation sites is 1. The van der Waals surface area contributed by atoms with E-state index in [1.54, 1.807) is 21.8 Å². The van der Waals surface area contributed by atoms with Crippen LogP contribution in [0.25, 0.3) is 5.69 Å². The maximum atomic E-state index is 13.1. The Morgan fingerprint density at radius 3 is 2.85 bits per heavy atom. The zero-order valence-electron chi connectivity index (χ0n) is 14.9. The number of carbonyl (C=O) groups excluding carboxylic acids is 1. The number of amides is 1. The average Bonchev–Trinajstić information content (AvgIpc) is 3.23. The van der Waals surface area contributed by atoms with Crippen molar-refractivity contribution in [3.05, 3.63) is 46.7 Å². The first kappa shape index (κ1) is 18.0. The van der Waals surface area contributed by atoms with Gasteiger partial charge in [0.2, 0.25) is 0 Å². The van der Waals surface area contributed by atoms with Crippen LogP contribution in [0.4, 0.5) is 0 Å². The summed E-state index contributed by atoms with van der Waals surface area (Å²) in [5.74, 6) is -1.31. The summed E-state index contributed by atoms with van der Waals surface area (Å²) >= 11 is 6.23. The second kappa shape index (κ2) is 6.65. The molecule has 1 amide bonds. The Balaban J connectivity index is 1.63. The highest BCUT2D eigenvalue weighted by molar-refractivity contribution is 6.32. The van der Waals surface area contributed by atoms with Crippen molar-refractivity contribution in [2.24, 2.45) is 11.3 Å². The molecule has 0 unspecified atom stereocenters. The van der Waals surface area contributed by atoms with Gasteiger partial charge in [0, 0.05) is 37.4 Å². The monoisotopic (exact) mass is 389 g/mol. The molecule has 3 heterocycles. The Morgan fingerprint density at radius 2 is 2.15 bits per heavy atom. The molecule has 7 nitrogen and oxygen atoms in total. The Bertz CT molecular complexity index is 912. The molecule has 0 saturated carbocycles. The smallest absolute Gasteiger partial charge is 0.311 e. The third kappa shape index (κ3) is 2.91. The lowest BCUT2D eigenvalue weighted by Gasteiger charge is -2.33. The summed E-state index contributed by atoms with van der Waals surface area (Å²) in [6.45, 7) is 3.14. The number of carbonyl (C=O) groups is 2. The number of rotatable bonds is 3. The van der Waals surface area contributed by atoms with Gasteiger partial charge >= 0.3 is 5.97 Å². The molecule has 0 radical (unpaired) electrons. The maximum absolute atomic E-state index is 13.1. The van der Waals surface area contributed by atoms with Gasteiger partial charge in [-0.05, 0) is 25.5 Å². The van der Waals surface area contributed by atoms with Gasteiger partial charge in [0.1, 0.15) is 0 Å². The van der Waals surface area contributed by atoms with Crippen LogP contribution in [0.3, 0.4) is 0 Å². The van der Waals surface area contributed by atoms with Crippen molar-refractivity contribution in [3.63, 3.8) is 0 Å². The molecule has 2 atom stereocenters. The third-order valence-electron chi connectivity index (χ3n) is 5.62. The molecule has 8 heteroatoms. The van der Waals surface area contributed by atoms with Crippen LogP contribution in [0.15, 0.2) is 30.5 Å². The van der Waals surface area contributed by atoms with E-state index in [2.05, 4.69) is 5.10 Å². The predicted octanol–water partition coefficient (Wildman–Crippen LogP) is 2.40. The fraction of sp³-hybridized carbons (Fsp3) is 0.421. The second-order valence-corrected chi connectivity index (χ2v) is 7.63. The Hall–Kier alpha value is -2.38. The number of likely N-dealkylation sites (tertiary alicyclic amines) is 1. The van der Waals surface area contributed by atoms with Crippen LogP contribution in [0, 0.1) is 18.3 Å². The number of hydrogen-bond donors (Lipinski definition) is 1. The number of ether oxygens (including phenoxy) is 1. The van der Waals surface area contributed by atoms with E-state index in [4.69, 9.17) is 16.3 Å². The number of aryl methyl sites for hydroxylation is 1. The van der Waals surface area contributed by atoms with Gasteiger partial charge in [0.25, 0.3) is 5.91 Å². The van der Waals surface area contributed by atoms with E-state index in [1.165, 1.54) is 0 Å². The highest BCUT2D eigenvalue weighted by atomic mass is 35.5. The van der Waals surface area contributed by atoms with Crippen molar-refractivity contribution in [2.45, 2.75) is 13.3 Å². The molecule has 1 aromatic heterocycles. The van der Waals surface area contributed by atoms with Crippen molar-refractivity contribution in [1.29, 1.82) is 0 Å². The first-order chi connectivity index (χ1) is 12.9. The SMILES string of the molecule is Cc1cn(-c2ccccc2Cl)nc1C(=O)N1C[C@H]2COCC[C@@]2(C(=O)O)C1. The lowest BCUT2D eigenvalue weighted by molar-refractivity contribution is -0.157. The quantitative estimate of drug-likeness (QED) is 0.871. The van der Waals surface area contributed by atoms with Crippen molar-refractivity contribution >= 4 is 23.5 Å². The van der Waals surface area contributed by atoms with Gasteiger partial charge in [-0.15, -0.1) is 0 Å². The Kier molecular flexibility index (Phi) is 4.44. The van der Waals surface area contributed by atoms with E-state index < -0.39 is 11.4 Å². The van der Waals surface area contributed by atoms with Crippen LogP contribution in [0.5, 0.6) is 0 Å². The molecule has 1 aromatic carbocycles. The van der Waals surface area contributed by atoms with Crippen LogP contribution in [0.2, 0.25) is 5.02 Å². The number of carboxylic acid groups (broad SMARTS) is 1. The zero-order valence-corrected chi connectivity index (χ0v) is 15.6. The molecule has 2 saturated heterocycles. The summed E-state index contributed by atoms with van der Waals surface area (Å²) in [5.41, 5.74) is 0.796. The number of benzene rings is 1.